The molecule has 2 aromatic carbocycles. The number of para-hydroxylation sites is 1. The summed E-state index contributed by atoms with van der Waals surface area (Å²) in [5.41, 5.74) is 2.13. The lowest BCUT2D eigenvalue weighted by atomic mass is 10.2. The van der Waals surface area contributed by atoms with Crippen molar-refractivity contribution >= 4 is 39.1 Å². The Hall–Kier alpha value is -2.77. The third-order valence-electron chi connectivity index (χ3n) is 4.90. The average molecular weight is 395 g/mol. The van der Waals surface area contributed by atoms with E-state index in [1.807, 2.05) is 18.2 Å². The number of likely N-dealkylation sites (tertiary alicyclic amines) is 1. The molecule has 6 nitrogen and oxygen atoms in total. The van der Waals surface area contributed by atoms with Crippen molar-refractivity contribution in [3.63, 3.8) is 0 Å². The van der Waals surface area contributed by atoms with Crippen LogP contribution in [0.15, 0.2) is 48.5 Å². The molecule has 0 bridgehead atoms. The highest BCUT2D eigenvalue weighted by Crippen LogP contribution is 2.36. The first-order valence-corrected chi connectivity index (χ1v) is 10.0. The van der Waals surface area contributed by atoms with Crippen LogP contribution in [0, 0.1) is 0 Å². The van der Waals surface area contributed by atoms with Crippen LogP contribution in [0.4, 0.5) is 5.69 Å². The van der Waals surface area contributed by atoms with E-state index >= 15 is 0 Å². The number of hydrogen-bond acceptors (Lipinski definition) is 6. The summed E-state index contributed by atoms with van der Waals surface area (Å²) in [7, 11) is 1.34. The highest BCUT2D eigenvalue weighted by atomic mass is 32.1. The van der Waals surface area contributed by atoms with Gasteiger partial charge in [0.2, 0.25) is 5.91 Å². The van der Waals surface area contributed by atoms with Gasteiger partial charge in [-0.2, -0.15) is 0 Å². The summed E-state index contributed by atoms with van der Waals surface area (Å²) < 4.78 is 5.86. The van der Waals surface area contributed by atoms with Crippen LogP contribution in [0.3, 0.4) is 0 Å². The van der Waals surface area contributed by atoms with E-state index in [4.69, 9.17) is 4.98 Å². The van der Waals surface area contributed by atoms with Crippen molar-refractivity contribution in [3.8, 4) is 0 Å². The lowest BCUT2D eigenvalue weighted by Crippen LogP contribution is -2.32. The summed E-state index contributed by atoms with van der Waals surface area (Å²) in [6.45, 7) is 1.20. The second-order valence-corrected chi connectivity index (χ2v) is 7.83. The fourth-order valence-corrected chi connectivity index (χ4v) is 4.66. The number of benzene rings is 2. The molecular formula is C21H21N3O3S. The molecule has 144 valence electrons. The molecule has 1 aliphatic heterocycles. The summed E-state index contributed by atoms with van der Waals surface area (Å²) >= 11 is 1.71. The summed E-state index contributed by atoms with van der Waals surface area (Å²) in [6.07, 6.45) is 2.07. The highest BCUT2D eigenvalue weighted by Gasteiger charge is 2.30. The van der Waals surface area contributed by atoms with E-state index in [2.05, 4.69) is 21.0 Å². The minimum atomic E-state index is -0.395. The summed E-state index contributed by atoms with van der Waals surface area (Å²) in [4.78, 5) is 31.0. The number of nitrogens with zero attached hydrogens (tertiary/aromatic N) is 2. The van der Waals surface area contributed by atoms with E-state index in [0.29, 0.717) is 17.8 Å². The van der Waals surface area contributed by atoms with Crippen molar-refractivity contribution in [1.29, 1.82) is 0 Å². The molecule has 3 aromatic rings. The molecule has 1 N–H and O–H groups in total. The maximum atomic E-state index is 12.5. The Bertz CT molecular complexity index is 967. The molecule has 1 atom stereocenters. The number of amides is 1. The summed E-state index contributed by atoms with van der Waals surface area (Å²) in [5, 5.41) is 3.98. The van der Waals surface area contributed by atoms with Crippen molar-refractivity contribution in [3.05, 3.63) is 59.1 Å². The Labute approximate surface area is 167 Å². The molecular weight excluding hydrogens is 374 g/mol. The number of fused-ring (bicyclic) bond motifs is 1. The van der Waals surface area contributed by atoms with Gasteiger partial charge in [0, 0.05) is 5.69 Å². The Morgan fingerprint density at radius 2 is 2.00 bits per heavy atom. The summed E-state index contributed by atoms with van der Waals surface area (Å²) in [5.74, 6) is -0.465. The predicted molar refractivity (Wildman–Crippen MR) is 110 cm³/mol. The van der Waals surface area contributed by atoms with Gasteiger partial charge in [-0.15, -0.1) is 11.3 Å². The van der Waals surface area contributed by atoms with E-state index in [-0.39, 0.29) is 11.9 Å². The first-order chi connectivity index (χ1) is 13.6. The SMILES string of the molecule is COC(=O)c1ccc(NC(=O)CN2CCC[C@H]2c2nc3ccccc3s2)cc1. The monoisotopic (exact) mass is 395 g/mol. The van der Waals surface area contributed by atoms with E-state index in [1.165, 1.54) is 11.8 Å². The number of nitrogens with one attached hydrogen (secondary N) is 1. The van der Waals surface area contributed by atoms with Crippen LogP contribution in [0.1, 0.15) is 34.2 Å². The molecule has 0 aliphatic carbocycles. The fraction of sp³-hybridized carbons (Fsp3) is 0.286. The molecule has 1 aromatic heterocycles. The molecule has 2 heterocycles. The molecule has 1 saturated heterocycles. The fourth-order valence-electron chi connectivity index (χ4n) is 3.52. The van der Waals surface area contributed by atoms with Crippen LogP contribution in [0.25, 0.3) is 10.2 Å². The zero-order chi connectivity index (χ0) is 19.5. The molecule has 0 radical (unpaired) electrons. The summed E-state index contributed by atoms with van der Waals surface area (Å²) in [6, 6.07) is 15.0. The van der Waals surface area contributed by atoms with Crippen LogP contribution < -0.4 is 5.32 Å². The molecule has 4 rings (SSSR count). The average Bonchev–Trinajstić information content (AvgIpc) is 3.34. The van der Waals surface area contributed by atoms with Gasteiger partial charge in [0.25, 0.3) is 0 Å². The van der Waals surface area contributed by atoms with E-state index in [1.54, 1.807) is 35.6 Å². The first-order valence-electron chi connectivity index (χ1n) is 9.22. The van der Waals surface area contributed by atoms with Crippen molar-refractivity contribution < 1.29 is 14.3 Å². The lowest BCUT2D eigenvalue weighted by Gasteiger charge is -2.22. The normalized spacial score (nSPS) is 17.0. The van der Waals surface area contributed by atoms with Gasteiger partial charge in [0.05, 0.1) is 35.5 Å². The standard InChI is InChI=1S/C21H21N3O3S/c1-27-21(26)14-8-10-15(11-9-14)22-19(25)13-24-12-4-6-17(24)20-23-16-5-2-3-7-18(16)28-20/h2-3,5,7-11,17H,4,6,12-13H2,1H3,(H,22,25)/t17-/m0/s1. The number of rotatable bonds is 5. The van der Waals surface area contributed by atoms with Crippen molar-refractivity contribution in [1.82, 2.24) is 9.88 Å². The van der Waals surface area contributed by atoms with Gasteiger partial charge in [0.1, 0.15) is 5.01 Å². The third-order valence-corrected chi connectivity index (χ3v) is 6.03. The lowest BCUT2D eigenvalue weighted by molar-refractivity contribution is -0.117. The molecule has 7 heteroatoms. The number of thiazole rings is 1. The largest absolute Gasteiger partial charge is 0.465 e. The highest BCUT2D eigenvalue weighted by molar-refractivity contribution is 7.18. The number of anilines is 1. The van der Waals surface area contributed by atoms with Crippen LogP contribution in [-0.2, 0) is 9.53 Å². The second kappa shape index (κ2) is 8.08. The smallest absolute Gasteiger partial charge is 0.337 e. The van der Waals surface area contributed by atoms with Gasteiger partial charge in [0.15, 0.2) is 0 Å². The van der Waals surface area contributed by atoms with E-state index in [9.17, 15) is 9.59 Å². The third kappa shape index (κ3) is 3.90. The quantitative estimate of drug-likeness (QED) is 0.664. The number of carbonyl (C=O) groups is 2. The Morgan fingerprint density at radius 3 is 2.75 bits per heavy atom. The van der Waals surface area contributed by atoms with Gasteiger partial charge in [-0.1, -0.05) is 12.1 Å². The van der Waals surface area contributed by atoms with Crippen molar-refractivity contribution in [2.75, 3.05) is 25.5 Å². The van der Waals surface area contributed by atoms with E-state index in [0.717, 1.165) is 29.9 Å². The second-order valence-electron chi connectivity index (χ2n) is 6.77. The Morgan fingerprint density at radius 1 is 1.21 bits per heavy atom. The zero-order valence-corrected chi connectivity index (χ0v) is 16.4. The van der Waals surface area contributed by atoms with E-state index < -0.39 is 5.97 Å². The zero-order valence-electron chi connectivity index (χ0n) is 15.6. The minimum Gasteiger partial charge on any atom is -0.465 e. The number of carbonyl (C=O) groups excluding carboxylic acids is 2. The van der Waals surface area contributed by atoms with Crippen LogP contribution in [0.2, 0.25) is 0 Å². The van der Waals surface area contributed by atoms with Crippen molar-refractivity contribution in [2.24, 2.45) is 0 Å². The van der Waals surface area contributed by atoms with Gasteiger partial charge < -0.3 is 10.1 Å². The maximum Gasteiger partial charge on any atom is 0.337 e. The van der Waals surface area contributed by atoms with Crippen molar-refractivity contribution in [2.45, 2.75) is 18.9 Å². The number of aromatic nitrogens is 1. The number of methoxy groups -OCH3 is 1. The molecule has 28 heavy (non-hydrogen) atoms. The van der Waals surface area contributed by atoms with Crippen LogP contribution >= 0.6 is 11.3 Å². The Kier molecular flexibility index (Phi) is 5.36. The molecule has 1 aliphatic rings. The minimum absolute atomic E-state index is 0.0705. The van der Waals surface area contributed by atoms with Gasteiger partial charge >= 0.3 is 5.97 Å². The predicted octanol–water partition coefficient (Wildman–Crippen LogP) is 3.86. The number of esters is 1. The molecule has 0 saturated carbocycles. The topological polar surface area (TPSA) is 71.5 Å². The number of hydrogen-bond donors (Lipinski definition) is 1. The van der Waals surface area contributed by atoms with Gasteiger partial charge in [-0.05, 0) is 55.8 Å². The van der Waals surface area contributed by atoms with Crippen LogP contribution in [0.5, 0.6) is 0 Å². The first kappa shape index (κ1) is 18.6. The number of ether oxygens (including phenoxy) is 1. The molecule has 1 amide bonds. The molecule has 1 fully saturated rings. The van der Waals surface area contributed by atoms with Crippen LogP contribution in [-0.4, -0.2) is 42.0 Å². The van der Waals surface area contributed by atoms with Gasteiger partial charge in [-0.25, -0.2) is 9.78 Å². The molecule has 0 unspecified atom stereocenters. The van der Waals surface area contributed by atoms with Gasteiger partial charge in [-0.3, -0.25) is 9.69 Å². The Balaban J connectivity index is 1.41. The maximum absolute atomic E-state index is 12.5. The molecule has 0 spiro atoms.